The molecule has 0 saturated carbocycles. The number of benzene rings is 1. The summed E-state index contributed by atoms with van der Waals surface area (Å²) in [7, 11) is 0. The Morgan fingerprint density at radius 3 is 2.38 bits per heavy atom. The minimum atomic E-state index is -0.451. The van der Waals surface area contributed by atoms with E-state index >= 15 is 0 Å². The fourth-order valence-electron chi connectivity index (χ4n) is 1.60. The maximum absolute atomic E-state index is 9.58. The van der Waals surface area contributed by atoms with E-state index < -0.39 is 6.10 Å². The van der Waals surface area contributed by atoms with Gasteiger partial charge in [0.05, 0.1) is 6.10 Å². The van der Waals surface area contributed by atoms with Crippen LogP contribution in [0.25, 0.3) is 0 Å². The lowest BCUT2D eigenvalue weighted by Gasteiger charge is -2.28. The van der Waals surface area contributed by atoms with Gasteiger partial charge in [-0.05, 0) is 19.4 Å². The molecular formula is C13H20ClNO. The van der Waals surface area contributed by atoms with Gasteiger partial charge >= 0.3 is 0 Å². The SMILES string of the molecule is CC(C)N(Cc1ccccc1)C[C@@H](O)CCl. The summed E-state index contributed by atoms with van der Waals surface area (Å²) in [5.41, 5.74) is 1.26. The number of halogens is 1. The molecule has 3 heteroatoms. The molecule has 1 aromatic rings. The van der Waals surface area contributed by atoms with Crippen molar-refractivity contribution in [1.29, 1.82) is 0 Å². The van der Waals surface area contributed by atoms with E-state index in [2.05, 4.69) is 30.9 Å². The van der Waals surface area contributed by atoms with E-state index in [9.17, 15) is 5.11 Å². The summed E-state index contributed by atoms with van der Waals surface area (Å²) < 4.78 is 0. The molecular weight excluding hydrogens is 222 g/mol. The molecule has 0 saturated heterocycles. The molecule has 0 spiro atoms. The van der Waals surface area contributed by atoms with Crippen molar-refractivity contribution in [2.24, 2.45) is 0 Å². The summed E-state index contributed by atoms with van der Waals surface area (Å²) in [6.07, 6.45) is -0.451. The first-order valence-corrected chi connectivity index (χ1v) is 6.19. The molecule has 1 rings (SSSR count). The summed E-state index contributed by atoms with van der Waals surface area (Å²) in [5, 5.41) is 9.58. The molecule has 0 aromatic heterocycles. The van der Waals surface area contributed by atoms with Gasteiger partial charge in [0.25, 0.3) is 0 Å². The van der Waals surface area contributed by atoms with Gasteiger partial charge in [-0.15, -0.1) is 11.6 Å². The van der Waals surface area contributed by atoms with Gasteiger partial charge in [0, 0.05) is 25.0 Å². The second kappa shape index (κ2) is 6.89. The molecule has 1 atom stereocenters. The maximum Gasteiger partial charge on any atom is 0.0802 e. The van der Waals surface area contributed by atoms with Crippen LogP contribution in [-0.4, -0.2) is 34.6 Å². The van der Waals surface area contributed by atoms with Gasteiger partial charge < -0.3 is 5.11 Å². The third-order valence-corrected chi connectivity index (χ3v) is 2.94. The summed E-state index contributed by atoms with van der Waals surface area (Å²) in [6, 6.07) is 10.7. The minimum absolute atomic E-state index is 0.290. The average molecular weight is 242 g/mol. The molecule has 0 aliphatic heterocycles. The average Bonchev–Trinajstić information content (AvgIpc) is 2.29. The monoisotopic (exact) mass is 241 g/mol. The zero-order valence-electron chi connectivity index (χ0n) is 9.94. The molecule has 16 heavy (non-hydrogen) atoms. The van der Waals surface area contributed by atoms with Crippen LogP contribution in [0.15, 0.2) is 30.3 Å². The Bertz CT molecular complexity index is 289. The normalized spacial score (nSPS) is 13.4. The lowest BCUT2D eigenvalue weighted by Crippen LogP contribution is -2.37. The molecule has 0 unspecified atom stereocenters. The number of aliphatic hydroxyl groups is 1. The van der Waals surface area contributed by atoms with Crippen LogP contribution < -0.4 is 0 Å². The van der Waals surface area contributed by atoms with E-state index in [0.29, 0.717) is 12.6 Å². The number of rotatable bonds is 6. The molecule has 90 valence electrons. The predicted molar refractivity (Wildman–Crippen MR) is 68.7 cm³/mol. The lowest BCUT2D eigenvalue weighted by atomic mass is 10.2. The molecule has 0 amide bonds. The molecule has 0 aliphatic carbocycles. The smallest absolute Gasteiger partial charge is 0.0802 e. The molecule has 0 heterocycles. The molecule has 1 aromatic carbocycles. The number of nitrogens with zero attached hydrogens (tertiary/aromatic N) is 1. The second-order valence-corrected chi connectivity index (χ2v) is 4.63. The van der Waals surface area contributed by atoms with Crippen LogP contribution in [0.1, 0.15) is 19.4 Å². The first-order chi connectivity index (χ1) is 7.63. The fourth-order valence-corrected chi connectivity index (χ4v) is 1.69. The standard InChI is InChI=1S/C13H20ClNO/c1-11(2)15(10-13(16)8-14)9-12-6-4-3-5-7-12/h3-7,11,13,16H,8-10H2,1-2H3/t13-/m0/s1. The van der Waals surface area contributed by atoms with Crippen molar-refractivity contribution < 1.29 is 5.11 Å². The van der Waals surface area contributed by atoms with E-state index in [1.165, 1.54) is 5.56 Å². The Morgan fingerprint density at radius 1 is 1.25 bits per heavy atom. The van der Waals surface area contributed by atoms with Crippen LogP contribution in [0.4, 0.5) is 0 Å². The second-order valence-electron chi connectivity index (χ2n) is 4.32. The van der Waals surface area contributed by atoms with Crippen molar-refractivity contribution in [2.75, 3.05) is 12.4 Å². The quantitative estimate of drug-likeness (QED) is 0.774. The first-order valence-electron chi connectivity index (χ1n) is 5.65. The highest BCUT2D eigenvalue weighted by Crippen LogP contribution is 2.09. The third-order valence-electron chi connectivity index (χ3n) is 2.58. The molecule has 2 nitrogen and oxygen atoms in total. The van der Waals surface area contributed by atoms with E-state index in [1.807, 2.05) is 18.2 Å². The van der Waals surface area contributed by atoms with Crippen molar-refractivity contribution in [2.45, 2.75) is 32.5 Å². The molecule has 0 radical (unpaired) electrons. The summed E-state index contributed by atoms with van der Waals surface area (Å²) in [4.78, 5) is 2.22. The van der Waals surface area contributed by atoms with E-state index in [1.54, 1.807) is 0 Å². The third kappa shape index (κ3) is 4.52. The zero-order valence-corrected chi connectivity index (χ0v) is 10.7. The van der Waals surface area contributed by atoms with Gasteiger partial charge in [0.2, 0.25) is 0 Å². The van der Waals surface area contributed by atoms with Gasteiger partial charge in [-0.1, -0.05) is 30.3 Å². The number of aliphatic hydroxyl groups excluding tert-OH is 1. The van der Waals surface area contributed by atoms with Crippen molar-refractivity contribution in [1.82, 2.24) is 4.90 Å². The summed E-state index contributed by atoms with van der Waals surface area (Å²) >= 11 is 5.63. The van der Waals surface area contributed by atoms with Gasteiger partial charge in [0.1, 0.15) is 0 Å². The molecule has 1 N–H and O–H groups in total. The van der Waals surface area contributed by atoms with Gasteiger partial charge in [-0.3, -0.25) is 4.90 Å². The highest BCUT2D eigenvalue weighted by molar-refractivity contribution is 6.18. The Balaban J connectivity index is 2.58. The molecule has 0 bridgehead atoms. The number of hydrogen-bond donors (Lipinski definition) is 1. The zero-order chi connectivity index (χ0) is 12.0. The van der Waals surface area contributed by atoms with Crippen LogP contribution in [-0.2, 0) is 6.54 Å². The first kappa shape index (κ1) is 13.5. The van der Waals surface area contributed by atoms with Crippen LogP contribution in [0.5, 0.6) is 0 Å². The van der Waals surface area contributed by atoms with Gasteiger partial charge in [-0.25, -0.2) is 0 Å². The van der Waals surface area contributed by atoms with E-state index in [0.717, 1.165) is 6.54 Å². The van der Waals surface area contributed by atoms with Crippen LogP contribution in [0.2, 0.25) is 0 Å². The molecule has 0 fully saturated rings. The lowest BCUT2D eigenvalue weighted by molar-refractivity contribution is 0.105. The topological polar surface area (TPSA) is 23.5 Å². The summed E-state index contributed by atoms with van der Waals surface area (Å²) in [6.45, 7) is 5.73. The highest BCUT2D eigenvalue weighted by Gasteiger charge is 2.14. The van der Waals surface area contributed by atoms with E-state index in [-0.39, 0.29) is 5.88 Å². The molecule has 0 aliphatic rings. The number of alkyl halides is 1. The maximum atomic E-state index is 9.58. The van der Waals surface area contributed by atoms with Crippen molar-refractivity contribution in [3.63, 3.8) is 0 Å². The Labute approximate surface area is 103 Å². The largest absolute Gasteiger partial charge is 0.391 e. The Morgan fingerprint density at radius 2 is 1.88 bits per heavy atom. The number of hydrogen-bond acceptors (Lipinski definition) is 2. The minimum Gasteiger partial charge on any atom is -0.391 e. The van der Waals surface area contributed by atoms with Crippen molar-refractivity contribution in [3.05, 3.63) is 35.9 Å². The fraction of sp³-hybridized carbons (Fsp3) is 0.538. The van der Waals surface area contributed by atoms with Crippen molar-refractivity contribution >= 4 is 11.6 Å². The van der Waals surface area contributed by atoms with Crippen LogP contribution in [0.3, 0.4) is 0 Å². The highest BCUT2D eigenvalue weighted by atomic mass is 35.5. The van der Waals surface area contributed by atoms with Crippen LogP contribution >= 0.6 is 11.6 Å². The van der Waals surface area contributed by atoms with Gasteiger partial charge in [0.15, 0.2) is 0 Å². The van der Waals surface area contributed by atoms with Gasteiger partial charge in [-0.2, -0.15) is 0 Å². The van der Waals surface area contributed by atoms with Crippen LogP contribution in [0, 0.1) is 0 Å². The predicted octanol–water partition coefficient (Wildman–Crippen LogP) is 2.50. The summed E-state index contributed by atoms with van der Waals surface area (Å²) in [5.74, 6) is 0.290. The Kier molecular flexibility index (Phi) is 5.81. The Hall–Kier alpha value is -0.570. The van der Waals surface area contributed by atoms with E-state index in [4.69, 9.17) is 11.6 Å². The van der Waals surface area contributed by atoms with Crippen molar-refractivity contribution in [3.8, 4) is 0 Å².